The molecule has 2 N–H and O–H groups in total. The van der Waals surface area contributed by atoms with Gasteiger partial charge in [0, 0.05) is 29.2 Å². The van der Waals surface area contributed by atoms with E-state index >= 15 is 0 Å². The number of carbonyl (C=O) groups is 3. The number of alkyl halides is 3. The molecule has 3 fully saturated rings. The number of nitrogens with one attached hydrogen (secondary N) is 2. The summed E-state index contributed by atoms with van der Waals surface area (Å²) in [5, 5.41) is 3.33. The number of nitrogens with zero attached hydrogens (tertiary/aromatic N) is 2. The fourth-order valence-corrected chi connectivity index (χ4v) is 10.4. The third-order valence-electron chi connectivity index (χ3n) is 13.6. The van der Waals surface area contributed by atoms with Crippen LogP contribution in [0.5, 0.6) is 11.5 Å². The summed E-state index contributed by atoms with van der Waals surface area (Å²) in [5.41, 5.74) is -3.82. The monoisotopic (exact) mass is 830 g/mol. The van der Waals surface area contributed by atoms with Crippen LogP contribution in [0, 0.1) is 17.8 Å². The van der Waals surface area contributed by atoms with E-state index in [2.05, 4.69) is 15.0 Å². The summed E-state index contributed by atoms with van der Waals surface area (Å²) < 4.78 is 84.8. The van der Waals surface area contributed by atoms with E-state index in [4.69, 9.17) is 9.47 Å². The van der Waals surface area contributed by atoms with Gasteiger partial charge in [-0.2, -0.15) is 13.2 Å². The van der Waals surface area contributed by atoms with E-state index in [0.717, 1.165) is 44.9 Å². The standard InChI is InChI=1S/C43H57F3N4O7S/c1-27-13-9-6-5-7-10-14-28(2)41(4,39(53)49-58(54,55)40(3)21-22-40)48-37(51)34-24-42(26-50(34)38(27)52)20-19-31-32-23-30(56-25-29-15-11-8-12-16-29)17-18-33(32)47-36(35(31)57-42)43(44,45)46/h10,14,17-18,23,27-29,34H,5-9,11-13,15-16,19-22,24-26H2,1-4H3,(H,48,51)(H,49,53)/b14-10-/t27-,28-,34-,41+,42+/m0/s1. The summed E-state index contributed by atoms with van der Waals surface area (Å²) in [6.45, 7) is 6.89. The van der Waals surface area contributed by atoms with Crippen LogP contribution in [0.15, 0.2) is 30.4 Å². The molecule has 0 bridgehead atoms. The molecule has 11 nitrogen and oxygen atoms in total. The number of fused-ring (bicyclic) bond motifs is 4. The second-order valence-corrected chi connectivity index (χ2v) is 20.3. The minimum atomic E-state index is -4.87. The van der Waals surface area contributed by atoms with Crippen molar-refractivity contribution in [3.05, 3.63) is 41.6 Å². The van der Waals surface area contributed by atoms with Gasteiger partial charge in [0.05, 0.1) is 23.4 Å². The van der Waals surface area contributed by atoms with Gasteiger partial charge in [0.25, 0.3) is 5.91 Å². The van der Waals surface area contributed by atoms with Gasteiger partial charge in [0.2, 0.25) is 21.8 Å². The van der Waals surface area contributed by atoms with Gasteiger partial charge < -0.3 is 19.7 Å². The number of carbonyl (C=O) groups excluding carboxylic acids is 3. The van der Waals surface area contributed by atoms with Crippen LogP contribution >= 0.6 is 0 Å². The summed E-state index contributed by atoms with van der Waals surface area (Å²) in [6, 6.07) is 3.70. The molecular weight excluding hydrogens is 774 g/mol. The molecule has 3 amide bonds. The number of benzene rings is 1. The number of aromatic nitrogens is 1. The zero-order valence-electron chi connectivity index (χ0n) is 34.0. The van der Waals surface area contributed by atoms with Crippen molar-refractivity contribution in [3.8, 4) is 11.5 Å². The number of pyridine rings is 1. The first-order valence-electron chi connectivity index (χ1n) is 21.1. The SMILES string of the molecule is C[C@H]1CCCCC/C=C\[C@H](C)[C@](C)(C(=O)NS(=O)(=O)C2(C)CC2)NC(=O)[C@@H]2C[C@]3(CCc4c(c(C(F)(F)F)nc5ccc(OCC6CCCCC6)cc45)O3)CN2C1=O. The lowest BCUT2D eigenvalue weighted by Crippen LogP contribution is -2.64. The van der Waals surface area contributed by atoms with E-state index in [9.17, 15) is 36.0 Å². The maximum Gasteiger partial charge on any atom is 0.437 e. The maximum atomic E-state index is 14.8. The Balaban J connectivity index is 1.22. The minimum Gasteiger partial charge on any atom is -0.493 e. The average Bonchev–Trinajstić information content (AvgIpc) is 3.85. The van der Waals surface area contributed by atoms with E-state index < -0.39 is 73.2 Å². The van der Waals surface area contributed by atoms with E-state index in [1.807, 2.05) is 6.08 Å². The molecule has 318 valence electrons. The van der Waals surface area contributed by atoms with Gasteiger partial charge in [-0.05, 0) is 95.8 Å². The molecule has 3 aliphatic heterocycles. The van der Waals surface area contributed by atoms with Crippen molar-refractivity contribution in [1.82, 2.24) is 19.9 Å². The molecule has 7 rings (SSSR count). The first-order valence-corrected chi connectivity index (χ1v) is 22.5. The minimum absolute atomic E-state index is 0.144. The summed E-state index contributed by atoms with van der Waals surface area (Å²) in [6.07, 6.45) is 9.21. The Bertz CT molecular complexity index is 2070. The quantitative estimate of drug-likeness (QED) is 0.285. The highest BCUT2D eigenvalue weighted by atomic mass is 32.2. The number of hydrogen-bond donors (Lipinski definition) is 2. The predicted octanol–water partition coefficient (Wildman–Crippen LogP) is 7.54. The lowest BCUT2D eigenvalue weighted by molar-refractivity contribution is -0.145. The highest BCUT2D eigenvalue weighted by Crippen LogP contribution is 2.49. The summed E-state index contributed by atoms with van der Waals surface area (Å²) in [5.74, 6) is -2.59. The smallest absolute Gasteiger partial charge is 0.437 e. The number of aryl methyl sites for hydroxylation is 1. The molecule has 2 saturated carbocycles. The van der Waals surface area contributed by atoms with Crippen LogP contribution in [0.3, 0.4) is 0 Å². The number of sulfonamides is 1. The number of hydrogen-bond acceptors (Lipinski definition) is 8. The fourth-order valence-electron chi connectivity index (χ4n) is 9.09. The van der Waals surface area contributed by atoms with E-state index in [1.165, 1.54) is 18.2 Å². The third-order valence-corrected chi connectivity index (χ3v) is 15.7. The first-order chi connectivity index (χ1) is 27.3. The molecule has 58 heavy (non-hydrogen) atoms. The second kappa shape index (κ2) is 15.9. The molecule has 15 heteroatoms. The van der Waals surface area contributed by atoms with Gasteiger partial charge in [0.1, 0.15) is 22.9 Å². The molecule has 2 aliphatic carbocycles. The molecular formula is C43H57F3N4O7S. The van der Waals surface area contributed by atoms with E-state index in [1.54, 1.807) is 45.0 Å². The highest BCUT2D eigenvalue weighted by Gasteiger charge is 2.56. The molecule has 1 spiro atoms. The van der Waals surface area contributed by atoms with Crippen LogP contribution in [0.2, 0.25) is 0 Å². The molecule has 0 radical (unpaired) electrons. The highest BCUT2D eigenvalue weighted by molar-refractivity contribution is 7.91. The molecule has 0 unspecified atom stereocenters. The van der Waals surface area contributed by atoms with Crippen molar-refractivity contribution in [2.24, 2.45) is 17.8 Å². The molecule has 5 aliphatic rings. The maximum absolute atomic E-state index is 14.8. The van der Waals surface area contributed by atoms with Gasteiger partial charge in [-0.15, -0.1) is 0 Å². The van der Waals surface area contributed by atoms with E-state index in [0.29, 0.717) is 54.9 Å². The van der Waals surface area contributed by atoms with E-state index in [-0.39, 0.29) is 37.2 Å². The van der Waals surface area contributed by atoms with Crippen LogP contribution in [0.1, 0.15) is 129 Å². The van der Waals surface area contributed by atoms with Gasteiger partial charge >= 0.3 is 6.18 Å². The molecule has 5 atom stereocenters. The summed E-state index contributed by atoms with van der Waals surface area (Å²) >= 11 is 0. The normalized spacial score (nSPS) is 30.3. The fraction of sp³-hybridized carbons (Fsp3) is 0.674. The lowest BCUT2D eigenvalue weighted by Gasteiger charge is -2.37. The second-order valence-electron chi connectivity index (χ2n) is 18.1. The van der Waals surface area contributed by atoms with Crippen molar-refractivity contribution in [1.29, 1.82) is 0 Å². The zero-order valence-corrected chi connectivity index (χ0v) is 34.8. The Morgan fingerprint density at radius 1 is 1.03 bits per heavy atom. The Labute approximate surface area is 339 Å². The number of halogens is 3. The number of allylic oxidation sites excluding steroid dienone is 1. The van der Waals surface area contributed by atoms with Gasteiger partial charge in [-0.1, -0.05) is 58.1 Å². The van der Waals surface area contributed by atoms with Crippen LogP contribution in [-0.4, -0.2) is 71.1 Å². The summed E-state index contributed by atoms with van der Waals surface area (Å²) in [4.78, 5) is 48.3. The zero-order chi connectivity index (χ0) is 41.7. The molecule has 2 aromatic rings. The van der Waals surface area contributed by atoms with Crippen LogP contribution in [-0.2, 0) is 37.0 Å². The molecule has 1 saturated heterocycles. The molecule has 4 heterocycles. The van der Waals surface area contributed by atoms with Crippen LogP contribution < -0.4 is 19.5 Å². The number of amides is 3. The lowest BCUT2D eigenvalue weighted by atomic mass is 9.84. The average molecular weight is 831 g/mol. The van der Waals surface area contributed by atoms with Gasteiger partial charge in [0.15, 0.2) is 11.4 Å². The predicted molar refractivity (Wildman–Crippen MR) is 212 cm³/mol. The molecule has 1 aromatic heterocycles. The summed E-state index contributed by atoms with van der Waals surface area (Å²) in [7, 11) is -4.07. The van der Waals surface area contributed by atoms with Crippen molar-refractivity contribution < 1.29 is 45.4 Å². The van der Waals surface area contributed by atoms with Crippen LogP contribution in [0.4, 0.5) is 13.2 Å². The third kappa shape index (κ3) is 8.43. The Morgan fingerprint density at radius 3 is 2.45 bits per heavy atom. The van der Waals surface area contributed by atoms with Crippen molar-refractivity contribution in [3.63, 3.8) is 0 Å². The topological polar surface area (TPSA) is 144 Å². The van der Waals surface area contributed by atoms with Gasteiger partial charge in [-0.3, -0.25) is 19.1 Å². The Hall–Kier alpha value is -3.88. The Kier molecular flexibility index (Phi) is 11.6. The largest absolute Gasteiger partial charge is 0.493 e. The molecule has 1 aromatic carbocycles. The van der Waals surface area contributed by atoms with Crippen molar-refractivity contribution >= 4 is 38.6 Å². The number of rotatable bonds is 6. The number of ether oxygens (including phenoxy) is 2. The van der Waals surface area contributed by atoms with Crippen molar-refractivity contribution in [2.45, 2.75) is 152 Å². The van der Waals surface area contributed by atoms with Crippen LogP contribution in [0.25, 0.3) is 10.9 Å². The van der Waals surface area contributed by atoms with Gasteiger partial charge in [-0.25, -0.2) is 13.4 Å². The first kappa shape index (κ1) is 42.3. The Morgan fingerprint density at radius 2 is 1.74 bits per heavy atom. The van der Waals surface area contributed by atoms with Crippen molar-refractivity contribution in [2.75, 3.05) is 13.2 Å².